The maximum absolute atomic E-state index is 12.0. The fourth-order valence-electron chi connectivity index (χ4n) is 4.02. The smallest absolute Gasteiger partial charge is 0.303 e. The van der Waals surface area contributed by atoms with Crippen molar-refractivity contribution < 1.29 is 14.7 Å². The molecule has 2 N–H and O–H groups in total. The topological polar surface area (TPSA) is 66.4 Å². The summed E-state index contributed by atoms with van der Waals surface area (Å²) in [5.41, 5.74) is -0.147. The second kappa shape index (κ2) is 4.25. The quantitative estimate of drug-likeness (QED) is 0.783. The Morgan fingerprint density at radius 3 is 2.33 bits per heavy atom. The summed E-state index contributed by atoms with van der Waals surface area (Å²) in [6, 6.07) is 0. The molecule has 0 saturated heterocycles. The van der Waals surface area contributed by atoms with Crippen molar-refractivity contribution in [1.82, 2.24) is 5.32 Å². The summed E-state index contributed by atoms with van der Waals surface area (Å²) in [6.45, 7) is 0.564. The number of hydrogen-bond acceptors (Lipinski definition) is 2. The number of carboxylic acids is 1. The molecule has 4 heteroatoms. The molecule has 100 valence electrons. The Bertz CT molecular complexity index is 365. The third kappa shape index (κ3) is 2.02. The van der Waals surface area contributed by atoms with E-state index in [2.05, 4.69) is 5.32 Å². The van der Waals surface area contributed by atoms with E-state index in [1.807, 2.05) is 0 Å². The zero-order chi connectivity index (χ0) is 12.8. The number of hydrogen-bond donors (Lipinski definition) is 2. The van der Waals surface area contributed by atoms with Gasteiger partial charge in [-0.2, -0.15) is 0 Å². The zero-order valence-corrected chi connectivity index (χ0v) is 10.7. The van der Waals surface area contributed by atoms with Crippen molar-refractivity contribution in [1.29, 1.82) is 0 Å². The Morgan fingerprint density at radius 1 is 1.17 bits per heavy atom. The lowest BCUT2D eigenvalue weighted by atomic mass is 9.66. The molecule has 0 bridgehead atoms. The van der Waals surface area contributed by atoms with Crippen LogP contribution in [0.5, 0.6) is 0 Å². The molecule has 0 spiro atoms. The van der Waals surface area contributed by atoms with Gasteiger partial charge in [-0.1, -0.05) is 12.8 Å². The van der Waals surface area contributed by atoms with Gasteiger partial charge in [-0.05, 0) is 42.9 Å². The first kappa shape index (κ1) is 12.0. The van der Waals surface area contributed by atoms with Crippen LogP contribution in [-0.2, 0) is 9.59 Å². The number of carbonyl (C=O) groups excluding carboxylic acids is 1. The molecule has 1 amide bonds. The van der Waals surface area contributed by atoms with E-state index < -0.39 is 5.97 Å². The summed E-state index contributed by atoms with van der Waals surface area (Å²) >= 11 is 0. The Kier molecular flexibility index (Phi) is 2.83. The molecule has 3 rings (SSSR count). The third-order valence-corrected chi connectivity index (χ3v) is 5.29. The molecular weight excluding hydrogens is 230 g/mol. The molecule has 0 aromatic carbocycles. The Labute approximate surface area is 107 Å². The number of aliphatic carboxylic acids is 1. The van der Waals surface area contributed by atoms with Crippen molar-refractivity contribution in [3.05, 3.63) is 0 Å². The van der Waals surface area contributed by atoms with Crippen LogP contribution in [0.25, 0.3) is 0 Å². The van der Waals surface area contributed by atoms with Crippen LogP contribution in [0.1, 0.15) is 44.9 Å². The van der Waals surface area contributed by atoms with Gasteiger partial charge in [0.2, 0.25) is 5.91 Å². The van der Waals surface area contributed by atoms with Crippen molar-refractivity contribution >= 4 is 11.9 Å². The highest BCUT2D eigenvalue weighted by Gasteiger charge is 2.56. The highest BCUT2D eigenvalue weighted by molar-refractivity contribution is 5.82. The average Bonchev–Trinajstić information content (AvgIpc) is 2.75. The number of carbonyl (C=O) groups is 2. The van der Waals surface area contributed by atoms with Gasteiger partial charge in [0, 0.05) is 12.5 Å². The zero-order valence-electron chi connectivity index (χ0n) is 10.7. The van der Waals surface area contributed by atoms with Crippen molar-refractivity contribution in [3.8, 4) is 0 Å². The minimum absolute atomic E-state index is 0.147. The van der Waals surface area contributed by atoms with Crippen LogP contribution < -0.4 is 5.32 Å². The Morgan fingerprint density at radius 2 is 1.83 bits per heavy atom. The van der Waals surface area contributed by atoms with Crippen LogP contribution in [0.3, 0.4) is 0 Å². The number of rotatable bonds is 5. The Hall–Kier alpha value is -1.06. The fraction of sp³-hybridized carbons (Fsp3) is 0.857. The van der Waals surface area contributed by atoms with Crippen LogP contribution in [0.15, 0.2) is 0 Å². The Balaban J connectivity index is 1.48. The van der Waals surface area contributed by atoms with E-state index in [0.717, 1.165) is 19.3 Å². The number of carboxylic acid groups (broad SMARTS) is 1. The molecule has 4 nitrogen and oxygen atoms in total. The average molecular weight is 251 g/mol. The van der Waals surface area contributed by atoms with E-state index in [1.165, 1.54) is 19.3 Å². The van der Waals surface area contributed by atoms with Gasteiger partial charge in [0.1, 0.15) is 0 Å². The van der Waals surface area contributed by atoms with E-state index in [-0.39, 0.29) is 23.7 Å². The van der Waals surface area contributed by atoms with Crippen molar-refractivity contribution in [2.75, 3.05) is 6.54 Å². The van der Waals surface area contributed by atoms with E-state index in [1.54, 1.807) is 0 Å². The lowest BCUT2D eigenvalue weighted by Crippen LogP contribution is -2.44. The standard InChI is InChI=1S/C14H21NO3/c16-11(17)7-14(5-2-6-14)8-15-13(18)12-9-3-1-4-10(9)12/h9-10,12H,1-8H2,(H,15,18)(H,16,17). The normalized spacial score (nSPS) is 35.4. The lowest BCUT2D eigenvalue weighted by molar-refractivity contribution is -0.142. The maximum atomic E-state index is 12.0. The van der Waals surface area contributed by atoms with Crippen LogP contribution in [-0.4, -0.2) is 23.5 Å². The molecule has 2 atom stereocenters. The molecule has 3 fully saturated rings. The maximum Gasteiger partial charge on any atom is 0.303 e. The number of fused-ring (bicyclic) bond motifs is 1. The second-order valence-electron chi connectivity index (χ2n) is 6.43. The van der Waals surface area contributed by atoms with Gasteiger partial charge in [0.25, 0.3) is 0 Å². The molecule has 0 aliphatic heterocycles. The van der Waals surface area contributed by atoms with Gasteiger partial charge in [-0.25, -0.2) is 0 Å². The first-order chi connectivity index (χ1) is 8.61. The highest BCUT2D eigenvalue weighted by atomic mass is 16.4. The SMILES string of the molecule is O=C(O)CC1(CNC(=O)C2C3CCCC32)CCC1. The summed E-state index contributed by atoms with van der Waals surface area (Å²) < 4.78 is 0. The molecular formula is C14H21NO3. The summed E-state index contributed by atoms with van der Waals surface area (Å²) in [6.07, 6.45) is 6.88. The van der Waals surface area contributed by atoms with Crippen LogP contribution >= 0.6 is 0 Å². The van der Waals surface area contributed by atoms with Crippen LogP contribution in [0.4, 0.5) is 0 Å². The second-order valence-corrected chi connectivity index (χ2v) is 6.43. The minimum Gasteiger partial charge on any atom is -0.481 e. The van der Waals surface area contributed by atoms with Crippen molar-refractivity contribution in [2.45, 2.75) is 44.9 Å². The molecule has 18 heavy (non-hydrogen) atoms. The molecule has 3 aliphatic carbocycles. The van der Waals surface area contributed by atoms with Gasteiger partial charge < -0.3 is 10.4 Å². The van der Waals surface area contributed by atoms with E-state index in [9.17, 15) is 9.59 Å². The fourth-order valence-corrected chi connectivity index (χ4v) is 4.02. The van der Waals surface area contributed by atoms with Gasteiger partial charge in [0.05, 0.1) is 6.42 Å². The van der Waals surface area contributed by atoms with Crippen molar-refractivity contribution in [2.24, 2.45) is 23.2 Å². The predicted molar refractivity (Wildman–Crippen MR) is 65.9 cm³/mol. The van der Waals surface area contributed by atoms with Gasteiger partial charge in [-0.3, -0.25) is 9.59 Å². The van der Waals surface area contributed by atoms with E-state index in [0.29, 0.717) is 18.4 Å². The minimum atomic E-state index is -0.743. The molecule has 2 unspecified atom stereocenters. The van der Waals surface area contributed by atoms with Crippen molar-refractivity contribution in [3.63, 3.8) is 0 Å². The first-order valence-corrected chi connectivity index (χ1v) is 7.11. The molecule has 0 radical (unpaired) electrons. The monoisotopic (exact) mass is 251 g/mol. The third-order valence-electron chi connectivity index (χ3n) is 5.29. The summed E-state index contributed by atoms with van der Waals surface area (Å²) in [7, 11) is 0. The van der Waals surface area contributed by atoms with E-state index in [4.69, 9.17) is 5.11 Å². The summed E-state index contributed by atoms with van der Waals surface area (Å²) in [5, 5.41) is 11.9. The molecule has 0 aromatic rings. The van der Waals surface area contributed by atoms with E-state index >= 15 is 0 Å². The largest absolute Gasteiger partial charge is 0.481 e. The predicted octanol–water partition coefficient (Wildman–Crippen LogP) is 1.79. The molecule has 3 aliphatic rings. The number of amides is 1. The van der Waals surface area contributed by atoms with Gasteiger partial charge in [0.15, 0.2) is 0 Å². The van der Waals surface area contributed by atoms with Gasteiger partial charge in [-0.15, -0.1) is 0 Å². The summed E-state index contributed by atoms with van der Waals surface area (Å²) in [5.74, 6) is 0.970. The molecule has 0 heterocycles. The molecule has 3 saturated carbocycles. The summed E-state index contributed by atoms with van der Waals surface area (Å²) in [4.78, 5) is 22.9. The highest BCUT2D eigenvalue weighted by Crippen LogP contribution is 2.57. The number of nitrogens with one attached hydrogen (secondary N) is 1. The lowest BCUT2D eigenvalue weighted by Gasteiger charge is -2.40. The van der Waals surface area contributed by atoms with Crippen LogP contribution in [0, 0.1) is 23.2 Å². The van der Waals surface area contributed by atoms with Gasteiger partial charge >= 0.3 is 5.97 Å². The molecule has 0 aromatic heterocycles. The van der Waals surface area contributed by atoms with Crippen LogP contribution in [0.2, 0.25) is 0 Å². The first-order valence-electron chi connectivity index (χ1n) is 7.11.